The summed E-state index contributed by atoms with van der Waals surface area (Å²) < 4.78 is 5.03. The number of hydrogen-bond acceptors (Lipinski definition) is 6. The van der Waals surface area contributed by atoms with Crippen LogP contribution in [-0.2, 0) is 4.74 Å². The fraction of sp³-hybridized carbons (Fsp3) is 0.667. The van der Waals surface area contributed by atoms with Crippen LogP contribution < -0.4 is 5.32 Å². The van der Waals surface area contributed by atoms with Gasteiger partial charge in [0.15, 0.2) is 0 Å². The molecule has 1 N–H and O–H groups in total. The molecule has 0 aromatic carbocycles. The first-order chi connectivity index (χ1) is 12.7. The molecule has 0 aliphatic carbocycles. The highest BCUT2D eigenvalue weighted by atomic mass is 16.6. The largest absolute Gasteiger partial charge is 0.450 e. The van der Waals surface area contributed by atoms with Gasteiger partial charge in [-0.25, -0.2) is 14.8 Å². The molecule has 3 rings (SSSR count). The van der Waals surface area contributed by atoms with Gasteiger partial charge in [0.1, 0.15) is 0 Å². The average Bonchev–Trinajstić information content (AvgIpc) is 2.69. The Morgan fingerprint density at radius 1 is 1.08 bits per heavy atom. The predicted octanol–water partition coefficient (Wildman–Crippen LogP) is 2.14. The number of ether oxygens (including phenoxy) is 1. The van der Waals surface area contributed by atoms with E-state index in [0.29, 0.717) is 31.2 Å². The van der Waals surface area contributed by atoms with Crippen LogP contribution in [0.25, 0.3) is 0 Å². The highest BCUT2D eigenvalue weighted by Crippen LogP contribution is 2.16. The number of carbonyl (C=O) groups is 2. The molecule has 8 nitrogen and oxygen atoms in total. The van der Waals surface area contributed by atoms with Crippen LogP contribution in [0.3, 0.4) is 0 Å². The Kier molecular flexibility index (Phi) is 6.25. The van der Waals surface area contributed by atoms with Crippen molar-refractivity contribution in [2.45, 2.75) is 45.1 Å². The van der Waals surface area contributed by atoms with Gasteiger partial charge in [-0.3, -0.25) is 4.79 Å². The zero-order valence-electron chi connectivity index (χ0n) is 15.3. The van der Waals surface area contributed by atoms with E-state index >= 15 is 0 Å². The first-order valence-corrected chi connectivity index (χ1v) is 9.47. The van der Waals surface area contributed by atoms with Crippen molar-refractivity contribution >= 4 is 17.9 Å². The summed E-state index contributed by atoms with van der Waals surface area (Å²) in [7, 11) is 0. The van der Waals surface area contributed by atoms with Crippen molar-refractivity contribution in [2.75, 3.05) is 38.1 Å². The summed E-state index contributed by atoms with van der Waals surface area (Å²) in [6, 6.07) is 0.212. The lowest BCUT2D eigenvalue weighted by molar-refractivity contribution is 0.0723. The quantitative estimate of drug-likeness (QED) is 0.884. The molecule has 26 heavy (non-hydrogen) atoms. The molecule has 2 aliphatic heterocycles. The molecule has 0 bridgehead atoms. The van der Waals surface area contributed by atoms with Gasteiger partial charge < -0.3 is 19.9 Å². The maximum Gasteiger partial charge on any atom is 0.409 e. The smallest absolute Gasteiger partial charge is 0.409 e. The van der Waals surface area contributed by atoms with Crippen LogP contribution in [0.1, 0.15) is 49.4 Å². The minimum Gasteiger partial charge on any atom is -0.450 e. The molecular formula is C18H27N5O3. The molecule has 0 atom stereocenters. The van der Waals surface area contributed by atoms with E-state index in [4.69, 9.17) is 4.74 Å². The standard InChI is InChI=1S/C18H27N5O3/c1-2-26-18(25)23-10-6-15(7-11-23)21-17-19-12-14(13-20-17)16(24)22-8-4-3-5-9-22/h12-13,15H,2-11H2,1H3,(H,19,20,21). The van der Waals surface area contributed by atoms with Crippen LogP contribution in [0, 0.1) is 0 Å². The third kappa shape index (κ3) is 4.62. The second kappa shape index (κ2) is 8.82. The fourth-order valence-corrected chi connectivity index (χ4v) is 3.40. The first kappa shape index (κ1) is 18.4. The SMILES string of the molecule is CCOC(=O)N1CCC(Nc2ncc(C(=O)N3CCCCC3)cn2)CC1. The number of aromatic nitrogens is 2. The number of nitrogens with one attached hydrogen (secondary N) is 1. The zero-order valence-corrected chi connectivity index (χ0v) is 15.3. The second-order valence-electron chi connectivity index (χ2n) is 6.75. The van der Waals surface area contributed by atoms with Gasteiger partial charge in [-0.05, 0) is 39.0 Å². The number of rotatable bonds is 4. The van der Waals surface area contributed by atoms with Gasteiger partial charge in [0.2, 0.25) is 5.95 Å². The summed E-state index contributed by atoms with van der Waals surface area (Å²) in [5.41, 5.74) is 0.537. The van der Waals surface area contributed by atoms with E-state index in [2.05, 4.69) is 15.3 Å². The molecule has 2 fully saturated rings. The number of carbonyl (C=O) groups excluding carboxylic acids is 2. The number of piperidine rings is 2. The maximum absolute atomic E-state index is 12.4. The Labute approximate surface area is 153 Å². The van der Waals surface area contributed by atoms with Crippen molar-refractivity contribution < 1.29 is 14.3 Å². The van der Waals surface area contributed by atoms with Gasteiger partial charge >= 0.3 is 6.09 Å². The maximum atomic E-state index is 12.4. The lowest BCUT2D eigenvalue weighted by Crippen LogP contribution is -2.42. The van der Waals surface area contributed by atoms with E-state index in [1.54, 1.807) is 17.3 Å². The van der Waals surface area contributed by atoms with Gasteiger partial charge in [0.25, 0.3) is 5.91 Å². The Bertz CT molecular complexity index is 608. The fourth-order valence-electron chi connectivity index (χ4n) is 3.40. The highest BCUT2D eigenvalue weighted by Gasteiger charge is 2.24. The Morgan fingerprint density at radius 3 is 2.35 bits per heavy atom. The molecule has 0 unspecified atom stereocenters. The van der Waals surface area contributed by atoms with Gasteiger partial charge in [-0.2, -0.15) is 0 Å². The lowest BCUT2D eigenvalue weighted by Gasteiger charge is -2.31. The molecule has 0 spiro atoms. The Balaban J connectivity index is 1.49. The van der Waals surface area contributed by atoms with E-state index < -0.39 is 0 Å². The van der Waals surface area contributed by atoms with Crippen LogP contribution in [-0.4, -0.2) is 70.6 Å². The van der Waals surface area contributed by atoms with Gasteiger partial charge in [-0.1, -0.05) is 0 Å². The van der Waals surface area contributed by atoms with Crippen molar-refractivity contribution in [2.24, 2.45) is 0 Å². The molecule has 1 aromatic rings. The number of hydrogen-bond donors (Lipinski definition) is 1. The molecule has 0 radical (unpaired) electrons. The number of likely N-dealkylation sites (tertiary alicyclic amines) is 2. The van der Waals surface area contributed by atoms with Crippen molar-refractivity contribution in [3.05, 3.63) is 18.0 Å². The summed E-state index contributed by atoms with van der Waals surface area (Å²) in [6.45, 7) is 5.15. The minimum atomic E-state index is -0.247. The van der Waals surface area contributed by atoms with Crippen LogP contribution >= 0.6 is 0 Å². The summed E-state index contributed by atoms with van der Waals surface area (Å²) in [5.74, 6) is 0.536. The number of amides is 2. The Morgan fingerprint density at radius 2 is 1.73 bits per heavy atom. The molecule has 3 heterocycles. The third-order valence-electron chi connectivity index (χ3n) is 4.90. The highest BCUT2D eigenvalue weighted by molar-refractivity contribution is 5.93. The van der Waals surface area contributed by atoms with Crippen molar-refractivity contribution in [3.63, 3.8) is 0 Å². The number of nitrogens with zero attached hydrogens (tertiary/aromatic N) is 4. The predicted molar refractivity (Wildman–Crippen MR) is 97.0 cm³/mol. The first-order valence-electron chi connectivity index (χ1n) is 9.47. The molecule has 2 amide bonds. The summed E-state index contributed by atoms with van der Waals surface area (Å²) in [5, 5.41) is 3.29. The van der Waals surface area contributed by atoms with E-state index in [-0.39, 0.29) is 18.0 Å². The molecule has 8 heteroatoms. The molecule has 2 aliphatic rings. The Hall–Kier alpha value is -2.38. The molecule has 142 valence electrons. The molecule has 2 saturated heterocycles. The second-order valence-corrected chi connectivity index (χ2v) is 6.75. The van der Waals surface area contributed by atoms with Crippen LogP contribution in [0.15, 0.2) is 12.4 Å². The molecule has 1 aromatic heterocycles. The van der Waals surface area contributed by atoms with E-state index in [1.165, 1.54) is 6.42 Å². The van der Waals surface area contributed by atoms with E-state index in [9.17, 15) is 9.59 Å². The molecule has 0 saturated carbocycles. The zero-order chi connectivity index (χ0) is 18.4. The average molecular weight is 361 g/mol. The monoisotopic (exact) mass is 361 g/mol. The molecular weight excluding hydrogens is 334 g/mol. The third-order valence-corrected chi connectivity index (χ3v) is 4.90. The summed E-state index contributed by atoms with van der Waals surface area (Å²) in [6.07, 6.45) is 7.90. The van der Waals surface area contributed by atoms with E-state index in [0.717, 1.165) is 38.8 Å². The van der Waals surface area contributed by atoms with Crippen molar-refractivity contribution in [1.82, 2.24) is 19.8 Å². The normalized spacial score (nSPS) is 18.5. The summed E-state index contributed by atoms with van der Waals surface area (Å²) >= 11 is 0. The van der Waals surface area contributed by atoms with Crippen LogP contribution in [0.2, 0.25) is 0 Å². The minimum absolute atomic E-state index is 0.0130. The van der Waals surface area contributed by atoms with Gasteiger partial charge in [0, 0.05) is 44.6 Å². The van der Waals surface area contributed by atoms with Gasteiger partial charge in [-0.15, -0.1) is 0 Å². The lowest BCUT2D eigenvalue weighted by atomic mass is 10.1. The number of anilines is 1. The van der Waals surface area contributed by atoms with Crippen molar-refractivity contribution in [3.8, 4) is 0 Å². The van der Waals surface area contributed by atoms with Crippen LogP contribution in [0.4, 0.5) is 10.7 Å². The van der Waals surface area contributed by atoms with E-state index in [1.807, 2.05) is 11.8 Å². The summed E-state index contributed by atoms with van der Waals surface area (Å²) in [4.78, 5) is 36.3. The van der Waals surface area contributed by atoms with Crippen molar-refractivity contribution in [1.29, 1.82) is 0 Å². The van der Waals surface area contributed by atoms with Crippen LogP contribution in [0.5, 0.6) is 0 Å². The van der Waals surface area contributed by atoms with Gasteiger partial charge in [0.05, 0.1) is 12.2 Å². The topological polar surface area (TPSA) is 87.7 Å².